The highest BCUT2D eigenvalue weighted by Crippen LogP contribution is 2.30. The molecule has 4 aliphatic heterocycles. The van der Waals surface area contributed by atoms with E-state index in [1.807, 2.05) is 46.2 Å². The fourth-order valence-corrected chi connectivity index (χ4v) is 8.14. The van der Waals surface area contributed by atoms with Crippen molar-refractivity contribution < 1.29 is 9.59 Å². The third kappa shape index (κ3) is 10.7. The SMILES string of the molecule is CCC(C)(C)N1CCN[C@@H](C(=O)N2CCN(c3ccc(Cl)c(Cl)c3)CC2)C1.CCC(C)(C)N1CCN[C@H](C(=O)N2CCN(c3ccc(Cl)c(Cl)c3)CC2)C1. The number of amides is 2. The summed E-state index contributed by atoms with van der Waals surface area (Å²) in [6.07, 6.45) is 2.16. The molecule has 4 fully saturated rings. The van der Waals surface area contributed by atoms with Crippen LogP contribution in [-0.4, -0.2) is 146 Å². The minimum atomic E-state index is -0.110. The highest BCUT2D eigenvalue weighted by atomic mass is 35.5. The zero-order valence-corrected chi connectivity index (χ0v) is 36.0. The fourth-order valence-electron chi connectivity index (χ4n) is 7.55. The summed E-state index contributed by atoms with van der Waals surface area (Å²) in [6.45, 7) is 24.9. The molecule has 0 bridgehead atoms. The fraction of sp³-hybridized carbons (Fsp3) is 0.650. The third-order valence-electron chi connectivity index (χ3n) is 12.1. The van der Waals surface area contributed by atoms with Crippen LogP contribution in [0.3, 0.4) is 0 Å². The Morgan fingerprint density at radius 3 is 1.24 bits per heavy atom. The van der Waals surface area contributed by atoms with Crippen molar-refractivity contribution in [3.8, 4) is 0 Å². The summed E-state index contributed by atoms with van der Waals surface area (Å²) < 4.78 is 0. The van der Waals surface area contributed by atoms with E-state index in [2.05, 4.69) is 71.8 Å². The predicted molar refractivity (Wildman–Crippen MR) is 226 cm³/mol. The average Bonchev–Trinajstić information content (AvgIpc) is 3.20. The van der Waals surface area contributed by atoms with E-state index in [9.17, 15) is 9.59 Å². The average molecular weight is 827 g/mol. The standard InChI is InChI=1S/2C20H30Cl2N4O/c2*1-4-20(2,3)26-8-7-23-18(14-26)19(27)25-11-9-24(10-12-25)15-5-6-16(21)17(22)13-15/h2*5-6,13,18,23H,4,7-12,14H2,1-3H3/t2*18-/m10/s1. The van der Waals surface area contributed by atoms with Crippen LogP contribution >= 0.6 is 46.4 Å². The van der Waals surface area contributed by atoms with Gasteiger partial charge in [0, 0.05) is 114 Å². The normalized spacial score (nSPS) is 22.2. The number of piperazine rings is 4. The zero-order chi connectivity index (χ0) is 39.2. The second kappa shape index (κ2) is 18.9. The molecule has 2 amide bonds. The lowest BCUT2D eigenvalue weighted by molar-refractivity contribution is -0.136. The Kier molecular flexibility index (Phi) is 15.1. The van der Waals surface area contributed by atoms with E-state index >= 15 is 0 Å². The van der Waals surface area contributed by atoms with Crippen LogP contribution in [-0.2, 0) is 9.59 Å². The Bertz CT molecular complexity index is 1460. The van der Waals surface area contributed by atoms with E-state index < -0.39 is 0 Å². The minimum absolute atomic E-state index is 0.110. The van der Waals surface area contributed by atoms with Crippen molar-refractivity contribution >= 4 is 69.6 Å². The number of halogens is 4. The largest absolute Gasteiger partial charge is 0.368 e. The lowest BCUT2D eigenvalue weighted by Gasteiger charge is -2.45. The predicted octanol–water partition coefficient (Wildman–Crippen LogP) is 6.21. The molecule has 0 saturated carbocycles. The molecule has 54 heavy (non-hydrogen) atoms. The van der Waals surface area contributed by atoms with Crippen molar-refractivity contribution in [2.45, 2.75) is 77.5 Å². The second-order valence-corrected chi connectivity index (χ2v) is 17.7. The molecule has 0 aromatic heterocycles. The molecular formula is C40H60Cl4N8O2. The van der Waals surface area contributed by atoms with Gasteiger partial charge in [-0.25, -0.2) is 0 Å². The first-order valence-corrected chi connectivity index (χ1v) is 21.1. The Balaban J connectivity index is 0.000000208. The van der Waals surface area contributed by atoms with E-state index in [1.165, 1.54) is 0 Å². The molecule has 14 heteroatoms. The number of nitrogens with one attached hydrogen (secondary N) is 2. The molecule has 0 spiro atoms. The van der Waals surface area contributed by atoms with Crippen molar-refractivity contribution in [2.75, 3.05) is 101 Å². The summed E-state index contributed by atoms with van der Waals surface area (Å²) in [7, 11) is 0. The first-order valence-electron chi connectivity index (χ1n) is 19.6. The smallest absolute Gasteiger partial charge is 0.241 e. The molecule has 4 heterocycles. The van der Waals surface area contributed by atoms with Gasteiger partial charge in [0.05, 0.1) is 32.2 Å². The van der Waals surface area contributed by atoms with Gasteiger partial charge >= 0.3 is 0 Å². The van der Waals surface area contributed by atoms with Crippen LogP contribution in [0.15, 0.2) is 36.4 Å². The van der Waals surface area contributed by atoms with E-state index in [0.29, 0.717) is 20.1 Å². The maximum Gasteiger partial charge on any atom is 0.241 e. The van der Waals surface area contributed by atoms with Crippen LogP contribution in [0.25, 0.3) is 0 Å². The minimum Gasteiger partial charge on any atom is -0.368 e. The summed E-state index contributed by atoms with van der Waals surface area (Å²) >= 11 is 24.3. The van der Waals surface area contributed by atoms with Gasteiger partial charge < -0.3 is 30.2 Å². The summed E-state index contributed by atoms with van der Waals surface area (Å²) in [5.74, 6) is 0.445. The van der Waals surface area contributed by atoms with Crippen LogP contribution in [0.4, 0.5) is 11.4 Å². The lowest BCUT2D eigenvalue weighted by atomic mass is 9.97. The van der Waals surface area contributed by atoms with Crippen molar-refractivity contribution in [2.24, 2.45) is 0 Å². The molecule has 2 atom stereocenters. The molecule has 0 radical (unpaired) electrons. The van der Waals surface area contributed by atoms with Gasteiger partial charge in [-0.2, -0.15) is 0 Å². The molecule has 0 aliphatic carbocycles. The Hall–Kier alpha value is -2.02. The molecule has 300 valence electrons. The van der Waals surface area contributed by atoms with Gasteiger partial charge in [0.25, 0.3) is 0 Å². The number of carbonyl (C=O) groups excluding carboxylic acids is 2. The van der Waals surface area contributed by atoms with E-state index in [1.54, 1.807) is 0 Å². The first-order chi connectivity index (χ1) is 25.6. The third-order valence-corrected chi connectivity index (χ3v) is 13.6. The summed E-state index contributed by atoms with van der Waals surface area (Å²) in [5, 5.41) is 9.11. The first kappa shape index (κ1) is 43.1. The maximum absolute atomic E-state index is 13.0. The topological polar surface area (TPSA) is 77.6 Å². The van der Waals surface area contributed by atoms with Crippen molar-refractivity contribution in [3.05, 3.63) is 56.5 Å². The number of hydrogen-bond donors (Lipinski definition) is 2. The Labute approximate surface area is 343 Å². The van der Waals surface area contributed by atoms with Crippen molar-refractivity contribution in [3.63, 3.8) is 0 Å². The Morgan fingerprint density at radius 1 is 0.574 bits per heavy atom. The molecule has 4 saturated heterocycles. The number of carbonyl (C=O) groups is 2. The van der Waals surface area contributed by atoms with Gasteiger partial charge in [0.1, 0.15) is 0 Å². The highest BCUT2D eigenvalue weighted by molar-refractivity contribution is 6.42. The summed E-state index contributed by atoms with van der Waals surface area (Å²) in [5.41, 5.74) is 2.38. The number of hydrogen-bond acceptors (Lipinski definition) is 8. The molecule has 6 rings (SSSR count). The van der Waals surface area contributed by atoms with Gasteiger partial charge in [-0.1, -0.05) is 60.3 Å². The van der Waals surface area contributed by atoms with Crippen molar-refractivity contribution in [1.82, 2.24) is 30.2 Å². The van der Waals surface area contributed by atoms with Gasteiger partial charge in [-0.15, -0.1) is 0 Å². The summed E-state index contributed by atoms with van der Waals surface area (Å²) in [4.78, 5) is 39.5. The van der Waals surface area contributed by atoms with Gasteiger partial charge in [-0.05, 0) is 76.9 Å². The van der Waals surface area contributed by atoms with E-state index in [0.717, 1.165) is 116 Å². The molecule has 2 N–H and O–H groups in total. The van der Waals surface area contributed by atoms with Crippen molar-refractivity contribution in [1.29, 1.82) is 0 Å². The van der Waals surface area contributed by atoms with Crippen LogP contribution in [0.5, 0.6) is 0 Å². The monoisotopic (exact) mass is 824 g/mol. The highest BCUT2D eigenvalue weighted by Gasteiger charge is 2.37. The maximum atomic E-state index is 13.0. The van der Waals surface area contributed by atoms with Gasteiger partial charge in [-0.3, -0.25) is 19.4 Å². The molecular weight excluding hydrogens is 766 g/mol. The van der Waals surface area contributed by atoms with Crippen LogP contribution < -0.4 is 20.4 Å². The van der Waals surface area contributed by atoms with Crippen LogP contribution in [0.1, 0.15) is 54.4 Å². The molecule has 2 aromatic carbocycles. The molecule has 10 nitrogen and oxygen atoms in total. The van der Waals surface area contributed by atoms with E-state index in [4.69, 9.17) is 46.4 Å². The van der Waals surface area contributed by atoms with Gasteiger partial charge in [0.2, 0.25) is 11.8 Å². The Morgan fingerprint density at radius 2 is 0.926 bits per heavy atom. The number of nitrogens with zero attached hydrogens (tertiary/aromatic N) is 6. The quantitative estimate of drug-likeness (QED) is 0.326. The summed E-state index contributed by atoms with van der Waals surface area (Å²) in [6, 6.07) is 11.2. The van der Waals surface area contributed by atoms with Crippen LogP contribution in [0.2, 0.25) is 20.1 Å². The molecule has 4 aliphatic rings. The number of anilines is 2. The van der Waals surface area contributed by atoms with E-state index in [-0.39, 0.29) is 35.0 Å². The number of rotatable bonds is 8. The molecule has 0 unspecified atom stereocenters. The molecule has 2 aromatic rings. The lowest BCUT2D eigenvalue weighted by Crippen LogP contribution is -2.63. The number of benzene rings is 2. The zero-order valence-electron chi connectivity index (χ0n) is 32.9. The second-order valence-electron chi connectivity index (χ2n) is 16.1. The van der Waals surface area contributed by atoms with Crippen LogP contribution in [0, 0.1) is 0 Å². The van der Waals surface area contributed by atoms with Gasteiger partial charge in [0.15, 0.2) is 0 Å².